The molecule has 1 aromatic rings. The normalized spacial score (nSPS) is 11.3. The van der Waals surface area contributed by atoms with Crippen molar-refractivity contribution in [1.29, 1.82) is 0 Å². The first-order valence-corrected chi connectivity index (χ1v) is 5.68. The first-order valence-electron chi connectivity index (χ1n) is 5.68. The van der Waals surface area contributed by atoms with E-state index < -0.39 is 0 Å². The van der Waals surface area contributed by atoms with E-state index >= 15 is 0 Å². The number of aliphatic hydroxyl groups excluding tert-OH is 2. The molecule has 4 heteroatoms. The van der Waals surface area contributed by atoms with Crippen LogP contribution in [0, 0.1) is 11.8 Å². The first-order chi connectivity index (χ1) is 8.61. The van der Waals surface area contributed by atoms with Crippen molar-refractivity contribution in [2.24, 2.45) is 0 Å². The second-order valence-electron chi connectivity index (χ2n) is 3.95. The summed E-state index contributed by atoms with van der Waals surface area (Å²) < 4.78 is 0. The molecule has 0 saturated heterocycles. The Morgan fingerprint density at radius 3 is 2.67 bits per heavy atom. The minimum atomic E-state index is -0.253. The minimum Gasteiger partial charge on any atom is -0.394 e. The van der Waals surface area contributed by atoms with Crippen LogP contribution in [0.25, 0.3) is 0 Å². The number of amides is 1. The lowest BCUT2D eigenvalue weighted by Gasteiger charge is -2.23. The third-order valence-electron chi connectivity index (χ3n) is 2.71. The Morgan fingerprint density at radius 2 is 2.06 bits per heavy atom. The summed E-state index contributed by atoms with van der Waals surface area (Å²) in [5, 5.41) is 17.7. The Labute approximate surface area is 107 Å². The van der Waals surface area contributed by atoms with Crippen molar-refractivity contribution in [3.8, 4) is 11.8 Å². The number of nitrogens with zero attached hydrogens (tertiary/aromatic N) is 1. The van der Waals surface area contributed by atoms with E-state index in [-0.39, 0.29) is 25.2 Å². The molecule has 0 bridgehead atoms. The molecule has 1 atom stereocenters. The molecule has 0 radical (unpaired) electrons. The Hall–Kier alpha value is -1.83. The maximum atomic E-state index is 12.2. The summed E-state index contributed by atoms with van der Waals surface area (Å²) in [6.45, 7) is 1.43. The largest absolute Gasteiger partial charge is 0.394 e. The van der Waals surface area contributed by atoms with Crippen molar-refractivity contribution in [2.45, 2.75) is 13.0 Å². The van der Waals surface area contributed by atoms with E-state index in [1.807, 2.05) is 0 Å². The average Bonchev–Trinajstić information content (AvgIpc) is 2.42. The molecule has 1 aromatic carbocycles. The molecule has 0 spiro atoms. The van der Waals surface area contributed by atoms with Gasteiger partial charge < -0.3 is 15.1 Å². The van der Waals surface area contributed by atoms with Gasteiger partial charge in [0, 0.05) is 12.6 Å². The van der Waals surface area contributed by atoms with Crippen molar-refractivity contribution < 1.29 is 15.0 Å². The predicted molar refractivity (Wildman–Crippen MR) is 69.0 cm³/mol. The van der Waals surface area contributed by atoms with E-state index in [1.54, 1.807) is 38.2 Å². The number of likely N-dealkylation sites (N-methyl/N-ethyl adjacent to an activating group) is 1. The first kappa shape index (κ1) is 14.2. The van der Waals surface area contributed by atoms with Gasteiger partial charge in [-0.1, -0.05) is 24.0 Å². The van der Waals surface area contributed by atoms with Crippen LogP contribution in [0.3, 0.4) is 0 Å². The van der Waals surface area contributed by atoms with Crippen LogP contribution in [0.2, 0.25) is 0 Å². The Kier molecular flexibility index (Phi) is 5.37. The summed E-state index contributed by atoms with van der Waals surface area (Å²) in [4.78, 5) is 13.7. The summed E-state index contributed by atoms with van der Waals surface area (Å²) in [6, 6.07) is 6.71. The number of hydrogen-bond acceptors (Lipinski definition) is 3. The number of benzene rings is 1. The highest BCUT2D eigenvalue weighted by molar-refractivity contribution is 5.96. The lowest BCUT2D eigenvalue weighted by Crippen LogP contribution is -2.37. The van der Waals surface area contributed by atoms with Crippen LogP contribution < -0.4 is 0 Å². The van der Waals surface area contributed by atoms with Gasteiger partial charge in [-0.15, -0.1) is 0 Å². The molecule has 1 amide bonds. The summed E-state index contributed by atoms with van der Waals surface area (Å²) in [5.41, 5.74) is 1.05. The van der Waals surface area contributed by atoms with Crippen molar-refractivity contribution in [2.75, 3.05) is 20.3 Å². The van der Waals surface area contributed by atoms with Crippen LogP contribution in [-0.4, -0.2) is 47.3 Å². The van der Waals surface area contributed by atoms with E-state index in [1.165, 1.54) is 4.90 Å². The Bertz CT molecular complexity index is 473. The van der Waals surface area contributed by atoms with Crippen LogP contribution in [0.5, 0.6) is 0 Å². The molecule has 0 aromatic heterocycles. The molecule has 96 valence electrons. The zero-order valence-electron chi connectivity index (χ0n) is 10.6. The monoisotopic (exact) mass is 247 g/mol. The summed E-state index contributed by atoms with van der Waals surface area (Å²) >= 11 is 0. The number of rotatable bonds is 3. The molecule has 0 aliphatic rings. The zero-order chi connectivity index (χ0) is 13.5. The second kappa shape index (κ2) is 6.80. The molecule has 0 fully saturated rings. The van der Waals surface area contributed by atoms with Gasteiger partial charge in [0.05, 0.1) is 18.2 Å². The topological polar surface area (TPSA) is 60.8 Å². The van der Waals surface area contributed by atoms with Crippen LogP contribution in [-0.2, 0) is 0 Å². The molecule has 4 nitrogen and oxygen atoms in total. The van der Waals surface area contributed by atoms with Gasteiger partial charge in [0.15, 0.2) is 0 Å². The molecule has 1 unspecified atom stereocenters. The fourth-order valence-corrected chi connectivity index (χ4v) is 1.43. The second-order valence-corrected chi connectivity index (χ2v) is 3.95. The molecule has 0 aliphatic carbocycles. The molecule has 1 rings (SSSR count). The van der Waals surface area contributed by atoms with Gasteiger partial charge in [0.25, 0.3) is 5.91 Å². The summed E-state index contributed by atoms with van der Waals surface area (Å²) in [7, 11) is 1.64. The molecule has 2 N–H and O–H groups in total. The molecular weight excluding hydrogens is 230 g/mol. The fourth-order valence-electron chi connectivity index (χ4n) is 1.43. The van der Waals surface area contributed by atoms with Crippen molar-refractivity contribution in [3.05, 3.63) is 35.4 Å². The van der Waals surface area contributed by atoms with Gasteiger partial charge >= 0.3 is 0 Å². The van der Waals surface area contributed by atoms with Crippen LogP contribution in [0.4, 0.5) is 0 Å². The van der Waals surface area contributed by atoms with E-state index in [0.29, 0.717) is 11.1 Å². The number of hydrogen-bond donors (Lipinski definition) is 2. The fraction of sp³-hybridized carbons (Fsp3) is 0.357. The maximum absolute atomic E-state index is 12.2. The van der Waals surface area contributed by atoms with Crippen molar-refractivity contribution in [3.63, 3.8) is 0 Å². The highest BCUT2D eigenvalue weighted by Crippen LogP contribution is 2.11. The van der Waals surface area contributed by atoms with E-state index in [9.17, 15) is 4.79 Å². The molecule has 18 heavy (non-hydrogen) atoms. The number of carbonyl (C=O) groups is 1. The third-order valence-corrected chi connectivity index (χ3v) is 2.71. The van der Waals surface area contributed by atoms with Crippen LogP contribution in [0.1, 0.15) is 22.8 Å². The van der Waals surface area contributed by atoms with Gasteiger partial charge in [-0.2, -0.15) is 0 Å². The Morgan fingerprint density at radius 1 is 1.39 bits per heavy atom. The van der Waals surface area contributed by atoms with Gasteiger partial charge in [-0.05, 0) is 19.1 Å². The van der Waals surface area contributed by atoms with Gasteiger partial charge in [0.2, 0.25) is 0 Å². The molecule has 0 saturated carbocycles. The number of aliphatic hydroxyl groups is 2. The van der Waals surface area contributed by atoms with Crippen LogP contribution >= 0.6 is 0 Å². The SMILES string of the molecule is CC(CO)N(C)C(=O)c1ccccc1C#CCO. The van der Waals surface area contributed by atoms with Gasteiger partial charge in [-0.25, -0.2) is 0 Å². The highest BCUT2D eigenvalue weighted by atomic mass is 16.3. The van der Waals surface area contributed by atoms with Crippen molar-refractivity contribution in [1.82, 2.24) is 4.90 Å². The standard InChI is InChI=1S/C14H17NO3/c1-11(10-17)15(2)14(18)13-8-4-3-6-12(13)7-5-9-16/h3-4,6,8,11,16-17H,9-10H2,1-2H3. The molecule has 0 heterocycles. The Balaban J connectivity index is 3.05. The number of carbonyl (C=O) groups excluding carboxylic acids is 1. The highest BCUT2D eigenvalue weighted by Gasteiger charge is 2.18. The summed E-state index contributed by atoms with van der Waals surface area (Å²) in [6.07, 6.45) is 0. The van der Waals surface area contributed by atoms with Gasteiger partial charge in [0.1, 0.15) is 6.61 Å². The lowest BCUT2D eigenvalue weighted by molar-refractivity contribution is 0.0682. The predicted octanol–water partition coefficient (Wildman–Crippen LogP) is 0.483. The maximum Gasteiger partial charge on any atom is 0.255 e. The molecular formula is C14H17NO3. The van der Waals surface area contributed by atoms with Gasteiger partial charge in [-0.3, -0.25) is 4.79 Å². The third kappa shape index (κ3) is 3.33. The van der Waals surface area contributed by atoms with Crippen LogP contribution in [0.15, 0.2) is 24.3 Å². The van der Waals surface area contributed by atoms with E-state index in [2.05, 4.69) is 11.8 Å². The quantitative estimate of drug-likeness (QED) is 0.764. The van der Waals surface area contributed by atoms with E-state index in [0.717, 1.165) is 0 Å². The van der Waals surface area contributed by atoms with E-state index in [4.69, 9.17) is 10.2 Å². The minimum absolute atomic E-state index is 0.0906. The molecule has 0 aliphatic heterocycles. The zero-order valence-corrected chi connectivity index (χ0v) is 10.6. The average molecular weight is 247 g/mol. The van der Waals surface area contributed by atoms with Crippen molar-refractivity contribution >= 4 is 5.91 Å². The summed E-state index contributed by atoms with van der Waals surface area (Å²) in [5.74, 6) is 5.08. The lowest BCUT2D eigenvalue weighted by atomic mass is 10.1. The smallest absolute Gasteiger partial charge is 0.255 e.